The Kier molecular flexibility index (Phi) is 6.02. The Morgan fingerprint density at radius 3 is 2.70 bits per heavy atom. The first kappa shape index (κ1) is 21.1. The molecule has 0 saturated heterocycles. The number of nitrogens with one attached hydrogen (secondary N) is 1. The number of carbonyl (C=O) groups is 1. The summed E-state index contributed by atoms with van der Waals surface area (Å²) in [6.45, 7) is 1.78. The van der Waals surface area contributed by atoms with Gasteiger partial charge in [0.25, 0.3) is 11.5 Å². The molecular formula is C26H27N5O2. The molecule has 0 saturated carbocycles. The summed E-state index contributed by atoms with van der Waals surface area (Å²) in [5, 5.41) is 7.85. The zero-order chi connectivity index (χ0) is 22.6. The molecule has 7 heteroatoms. The largest absolute Gasteiger partial charge is 0.348 e. The van der Waals surface area contributed by atoms with Gasteiger partial charge in [-0.2, -0.15) is 5.10 Å². The lowest BCUT2D eigenvalue weighted by molar-refractivity contribution is 0.0951. The van der Waals surface area contributed by atoms with Crippen molar-refractivity contribution in [1.29, 1.82) is 0 Å². The van der Waals surface area contributed by atoms with Crippen LogP contribution in [0.1, 0.15) is 53.0 Å². The van der Waals surface area contributed by atoms with Crippen molar-refractivity contribution in [3.05, 3.63) is 93.8 Å². The van der Waals surface area contributed by atoms with Crippen LogP contribution in [0.2, 0.25) is 0 Å². The SMILES string of the molecule is O=C(NCc1ccccc1Cn1cccn1)c1ccc2c(=O)n3c(nc2c1)CCCCCC3. The van der Waals surface area contributed by atoms with Gasteiger partial charge in [0.15, 0.2) is 0 Å². The summed E-state index contributed by atoms with van der Waals surface area (Å²) in [5.41, 5.74) is 3.25. The summed E-state index contributed by atoms with van der Waals surface area (Å²) in [6, 6.07) is 15.1. The molecule has 1 aliphatic rings. The Morgan fingerprint density at radius 2 is 1.85 bits per heavy atom. The van der Waals surface area contributed by atoms with Crippen LogP contribution in [0.3, 0.4) is 0 Å². The molecule has 0 unspecified atom stereocenters. The maximum atomic E-state index is 13.0. The van der Waals surface area contributed by atoms with Gasteiger partial charge >= 0.3 is 0 Å². The second-order valence-electron chi connectivity index (χ2n) is 8.54. The van der Waals surface area contributed by atoms with Gasteiger partial charge in [-0.1, -0.05) is 37.1 Å². The maximum absolute atomic E-state index is 13.0. The molecule has 4 aromatic rings. The topological polar surface area (TPSA) is 81.8 Å². The minimum atomic E-state index is -0.181. The van der Waals surface area contributed by atoms with Crippen molar-refractivity contribution in [3.8, 4) is 0 Å². The molecule has 0 radical (unpaired) electrons. The summed E-state index contributed by atoms with van der Waals surface area (Å²) in [7, 11) is 0. The summed E-state index contributed by atoms with van der Waals surface area (Å²) >= 11 is 0. The highest BCUT2D eigenvalue weighted by atomic mass is 16.1. The zero-order valence-corrected chi connectivity index (χ0v) is 18.5. The third-order valence-corrected chi connectivity index (χ3v) is 6.28. The van der Waals surface area contributed by atoms with Crippen molar-refractivity contribution in [3.63, 3.8) is 0 Å². The highest BCUT2D eigenvalue weighted by molar-refractivity contribution is 5.97. The van der Waals surface area contributed by atoms with Crippen LogP contribution in [0, 0.1) is 0 Å². The second kappa shape index (κ2) is 9.40. The van der Waals surface area contributed by atoms with E-state index in [1.54, 1.807) is 24.4 Å². The van der Waals surface area contributed by atoms with E-state index in [4.69, 9.17) is 4.98 Å². The van der Waals surface area contributed by atoms with Crippen LogP contribution in [0.15, 0.2) is 65.7 Å². The lowest BCUT2D eigenvalue weighted by Gasteiger charge is -2.16. The van der Waals surface area contributed by atoms with Gasteiger partial charge in [-0.25, -0.2) is 4.98 Å². The summed E-state index contributed by atoms with van der Waals surface area (Å²) in [5.74, 6) is 0.650. The average molecular weight is 442 g/mol. The molecule has 1 amide bonds. The summed E-state index contributed by atoms with van der Waals surface area (Å²) < 4.78 is 3.68. The van der Waals surface area contributed by atoms with Crippen molar-refractivity contribution >= 4 is 16.8 Å². The fourth-order valence-electron chi connectivity index (χ4n) is 4.47. The van der Waals surface area contributed by atoms with E-state index in [2.05, 4.69) is 10.4 Å². The minimum absolute atomic E-state index is 0.00333. The smallest absolute Gasteiger partial charge is 0.261 e. The third-order valence-electron chi connectivity index (χ3n) is 6.28. The lowest BCUT2D eigenvalue weighted by Crippen LogP contribution is -2.27. The van der Waals surface area contributed by atoms with E-state index < -0.39 is 0 Å². The number of amides is 1. The van der Waals surface area contributed by atoms with Gasteiger partial charge in [-0.05, 0) is 48.2 Å². The lowest BCUT2D eigenvalue weighted by atomic mass is 10.1. The predicted octanol–water partition coefficient (Wildman–Crippen LogP) is 3.69. The van der Waals surface area contributed by atoms with Crippen LogP contribution < -0.4 is 10.9 Å². The highest BCUT2D eigenvalue weighted by Crippen LogP contribution is 2.17. The van der Waals surface area contributed by atoms with Gasteiger partial charge < -0.3 is 5.32 Å². The molecule has 5 rings (SSSR count). The van der Waals surface area contributed by atoms with Crippen molar-refractivity contribution in [2.45, 2.75) is 51.7 Å². The van der Waals surface area contributed by atoms with E-state index in [1.807, 2.05) is 45.8 Å². The van der Waals surface area contributed by atoms with E-state index in [9.17, 15) is 9.59 Å². The molecule has 2 aromatic carbocycles. The number of fused-ring (bicyclic) bond motifs is 2. The molecule has 0 aliphatic carbocycles. The molecule has 0 bridgehead atoms. The molecule has 0 atom stereocenters. The number of aromatic nitrogens is 4. The van der Waals surface area contributed by atoms with Crippen molar-refractivity contribution in [1.82, 2.24) is 24.6 Å². The number of carbonyl (C=O) groups excluding carboxylic acids is 1. The first-order valence-electron chi connectivity index (χ1n) is 11.5. The molecule has 3 heterocycles. The van der Waals surface area contributed by atoms with Crippen LogP contribution >= 0.6 is 0 Å². The molecule has 33 heavy (non-hydrogen) atoms. The van der Waals surface area contributed by atoms with Gasteiger partial charge in [0.2, 0.25) is 0 Å². The minimum Gasteiger partial charge on any atom is -0.348 e. The molecule has 1 aliphatic heterocycles. The molecular weight excluding hydrogens is 414 g/mol. The van der Waals surface area contributed by atoms with E-state index >= 15 is 0 Å². The van der Waals surface area contributed by atoms with Crippen LogP contribution in [-0.2, 0) is 26.1 Å². The highest BCUT2D eigenvalue weighted by Gasteiger charge is 2.15. The molecule has 168 valence electrons. The third kappa shape index (κ3) is 4.58. The maximum Gasteiger partial charge on any atom is 0.261 e. The van der Waals surface area contributed by atoms with Crippen molar-refractivity contribution < 1.29 is 4.79 Å². The first-order chi connectivity index (χ1) is 16.2. The first-order valence-corrected chi connectivity index (χ1v) is 11.5. The van der Waals surface area contributed by atoms with Crippen LogP contribution in [0.4, 0.5) is 0 Å². The molecule has 0 spiro atoms. The molecule has 1 N–H and O–H groups in total. The van der Waals surface area contributed by atoms with Crippen LogP contribution in [0.5, 0.6) is 0 Å². The normalized spacial score (nSPS) is 13.8. The second-order valence-corrected chi connectivity index (χ2v) is 8.54. The van der Waals surface area contributed by atoms with Gasteiger partial charge in [-0.15, -0.1) is 0 Å². The number of hydrogen-bond acceptors (Lipinski definition) is 4. The average Bonchev–Trinajstić information content (AvgIpc) is 3.32. The monoisotopic (exact) mass is 441 g/mol. The van der Waals surface area contributed by atoms with Gasteiger partial charge in [0.1, 0.15) is 5.82 Å². The van der Waals surface area contributed by atoms with Crippen LogP contribution in [-0.4, -0.2) is 25.2 Å². The van der Waals surface area contributed by atoms with Crippen molar-refractivity contribution in [2.24, 2.45) is 0 Å². The van der Waals surface area contributed by atoms with Crippen LogP contribution in [0.25, 0.3) is 10.9 Å². The number of nitrogens with zero attached hydrogens (tertiary/aromatic N) is 4. The fraction of sp³-hybridized carbons (Fsp3) is 0.308. The molecule has 7 nitrogen and oxygen atoms in total. The van der Waals surface area contributed by atoms with Crippen molar-refractivity contribution in [2.75, 3.05) is 0 Å². The predicted molar refractivity (Wildman–Crippen MR) is 127 cm³/mol. The van der Waals surface area contributed by atoms with Gasteiger partial charge in [0, 0.05) is 37.5 Å². The van der Waals surface area contributed by atoms with E-state index in [1.165, 1.54) is 0 Å². The van der Waals surface area contributed by atoms with Gasteiger partial charge in [-0.3, -0.25) is 18.8 Å². The Bertz CT molecular complexity index is 1340. The van der Waals surface area contributed by atoms with E-state index in [0.29, 0.717) is 29.6 Å². The Labute approximate surface area is 192 Å². The number of aryl methyl sites for hydroxylation is 1. The Morgan fingerprint density at radius 1 is 1.00 bits per heavy atom. The Hall–Kier alpha value is -3.74. The fourth-order valence-corrected chi connectivity index (χ4v) is 4.47. The zero-order valence-electron chi connectivity index (χ0n) is 18.5. The van der Waals surface area contributed by atoms with E-state index in [-0.39, 0.29) is 11.5 Å². The molecule has 2 aromatic heterocycles. The number of benzene rings is 2. The quantitative estimate of drug-likeness (QED) is 0.512. The summed E-state index contributed by atoms with van der Waals surface area (Å²) in [6.07, 6.45) is 8.83. The van der Waals surface area contributed by atoms with Gasteiger partial charge in [0.05, 0.1) is 17.4 Å². The van der Waals surface area contributed by atoms with E-state index in [0.717, 1.165) is 55.6 Å². The summed E-state index contributed by atoms with van der Waals surface area (Å²) in [4.78, 5) is 30.7. The number of hydrogen-bond donors (Lipinski definition) is 1. The molecule has 0 fully saturated rings. The number of rotatable bonds is 5. The standard InChI is InChI=1S/C26H27N5O2/c32-25(27-17-20-8-4-5-9-21(20)18-30-14-7-13-28-30)19-11-12-22-23(16-19)29-24-10-3-1-2-6-15-31(24)26(22)33/h4-5,7-9,11-14,16H,1-3,6,10,15,17-18H2,(H,27,32). The Balaban J connectivity index is 1.36.